The van der Waals surface area contributed by atoms with Crippen molar-refractivity contribution in [3.8, 4) is 0 Å². The van der Waals surface area contributed by atoms with E-state index in [2.05, 4.69) is 4.98 Å². The summed E-state index contributed by atoms with van der Waals surface area (Å²) < 4.78 is 28.6. The normalized spacial score (nSPS) is 19.7. The summed E-state index contributed by atoms with van der Waals surface area (Å²) in [6, 6.07) is 5.75. The standard InChI is InChI=1S/C20H27N5O3S/c1-15(2)29(27,28)23-10-6-20(7-11-23)13-19(26)24(14-17-4-8-21-9-5-17)18-12-16(3)22-25(18)20/h4-5,8-9,12,15H,6-7,10-11,13-14H2,1-3H3. The third-order valence-corrected chi connectivity index (χ3v) is 8.30. The number of carbonyl (C=O) groups is 1. The second kappa shape index (κ2) is 7.21. The van der Waals surface area contributed by atoms with Gasteiger partial charge in [0.1, 0.15) is 5.82 Å². The Labute approximate surface area is 171 Å². The van der Waals surface area contributed by atoms with Gasteiger partial charge in [-0.15, -0.1) is 0 Å². The lowest BCUT2D eigenvalue weighted by Gasteiger charge is -2.46. The second-order valence-corrected chi connectivity index (χ2v) is 10.8. The summed E-state index contributed by atoms with van der Waals surface area (Å²) in [5.74, 6) is 0.838. The fourth-order valence-electron chi connectivity index (χ4n) is 4.29. The van der Waals surface area contributed by atoms with Gasteiger partial charge in [0.2, 0.25) is 15.9 Å². The Kier molecular flexibility index (Phi) is 4.98. The first-order valence-electron chi connectivity index (χ1n) is 9.98. The van der Waals surface area contributed by atoms with Crippen molar-refractivity contribution in [3.05, 3.63) is 41.9 Å². The molecule has 156 valence electrons. The maximum absolute atomic E-state index is 13.2. The molecule has 8 nitrogen and oxygen atoms in total. The molecule has 0 bridgehead atoms. The topological polar surface area (TPSA) is 88.4 Å². The molecule has 1 amide bonds. The number of carbonyl (C=O) groups excluding carboxylic acids is 1. The Balaban J connectivity index is 1.63. The number of pyridine rings is 1. The van der Waals surface area contributed by atoms with Crippen molar-refractivity contribution in [2.45, 2.75) is 57.4 Å². The van der Waals surface area contributed by atoms with Gasteiger partial charge in [-0.05, 0) is 51.3 Å². The number of aryl methyl sites for hydroxylation is 1. The quantitative estimate of drug-likeness (QED) is 0.760. The molecule has 1 saturated heterocycles. The van der Waals surface area contributed by atoms with Crippen LogP contribution in [0.5, 0.6) is 0 Å². The van der Waals surface area contributed by atoms with Crippen LogP contribution in [0.4, 0.5) is 5.82 Å². The van der Waals surface area contributed by atoms with Gasteiger partial charge in [0.15, 0.2) is 0 Å². The molecule has 0 aliphatic carbocycles. The minimum Gasteiger partial charge on any atom is -0.292 e. The fourth-order valence-corrected chi connectivity index (χ4v) is 5.58. The number of amides is 1. The maximum atomic E-state index is 13.2. The van der Waals surface area contributed by atoms with Crippen LogP contribution < -0.4 is 4.90 Å². The molecule has 2 aliphatic heterocycles. The van der Waals surface area contributed by atoms with Gasteiger partial charge >= 0.3 is 0 Å². The monoisotopic (exact) mass is 417 g/mol. The number of sulfonamides is 1. The van der Waals surface area contributed by atoms with E-state index in [9.17, 15) is 13.2 Å². The second-order valence-electron chi connectivity index (χ2n) is 8.28. The molecule has 29 heavy (non-hydrogen) atoms. The lowest BCUT2D eigenvalue weighted by atomic mass is 9.83. The van der Waals surface area contributed by atoms with Crippen molar-refractivity contribution >= 4 is 21.7 Å². The van der Waals surface area contributed by atoms with Crippen LogP contribution >= 0.6 is 0 Å². The average Bonchev–Trinajstić information content (AvgIpc) is 3.09. The molecule has 0 aromatic carbocycles. The van der Waals surface area contributed by atoms with Gasteiger partial charge in [-0.1, -0.05) is 0 Å². The Morgan fingerprint density at radius 1 is 1.17 bits per heavy atom. The number of nitrogens with zero attached hydrogens (tertiary/aromatic N) is 5. The van der Waals surface area contributed by atoms with Crippen LogP contribution in [0.1, 0.15) is 44.4 Å². The molecule has 9 heteroatoms. The Morgan fingerprint density at radius 3 is 2.45 bits per heavy atom. The van der Waals surface area contributed by atoms with Crippen LogP contribution in [0.15, 0.2) is 30.6 Å². The first-order chi connectivity index (χ1) is 13.7. The van der Waals surface area contributed by atoms with Crippen molar-refractivity contribution in [2.24, 2.45) is 0 Å². The summed E-state index contributed by atoms with van der Waals surface area (Å²) in [5.41, 5.74) is 1.40. The van der Waals surface area contributed by atoms with E-state index in [-0.39, 0.29) is 5.91 Å². The SMILES string of the molecule is Cc1cc2n(n1)C1(CCN(S(=O)(=O)C(C)C)CC1)CC(=O)N2Cc1ccncc1. The molecule has 0 atom stereocenters. The van der Waals surface area contributed by atoms with E-state index < -0.39 is 20.8 Å². The van der Waals surface area contributed by atoms with E-state index >= 15 is 0 Å². The molecule has 4 heterocycles. The molecule has 1 fully saturated rings. The van der Waals surface area contributed by atoms with Crippen molar-refractivity contribution in [1.29, 1.82) is 0 Å². The average molecular weight is 418 g/mol. The van der Waals surface area contributed by atoms with Gasteiger partial charge in [-0.25, -0.2) is 17.4 Å². The molecule has 0 saturated carbocycles. The van der Waals surface area contributed by atoms with E-state index in [0.717, 1.165) is 17.1 Å². The molecule has 0 N–H and O–H groups in total. The Bertz CT molecular complexity index is 1010. The third kappa shape index (κ3) is 3.46. The van der Waals surface area contributed by atoms with E-state index in [1.165, 1.54) is 0 Å². The van der Waals surface area contributed by atoms with E-state index in [0.29, 0.717) is 38.9 Å². The minimum atomic E-state index is -3.29. The van der Waals surface area contributed by atoms with Gasteiger partial charge in [-0.3, -0.25) is 14.7 Å². The van der Waals surface area contributed by atoms with Crippen molar-refractivity contribution in [1.82, 2.24) is 19.1 Å². The zero-order valence-corrected chi connectivity index (χ0v) is 17.9. The molecule has 2 aliphatic rings. The highest BCUT2D eigenvalue weighted by Gasteiger charge is 2.47. The fraction of sp³-hybridized carbons (Fsp3) is 0.550. The molecule has 0 unspecified atom stereocenters. The van der Waals surface area contributed by atoms with Crippen molar-refractivity contribution in [3.63, 3.8) is 0 Å². The van der Waals surface area contributed by atoms with E-state index in [1.807, 2.05) is 29.8 Å². The summed E-state index contributed by atoms with van der Waals surface area (Å²) in [5, 5.41) is 4.28. The Morgan fingerprint density at radius 2 is 1.83 bits per heavy atom. The van der Waals surface area contributed by atoms with Gasteiger partial charge in [0, 0.05) is 31.5 Å². The Hall–Kier alpha value is -2.26. The zero-order valence-electron chi connectivity index (χ0n) is 17.1. The highest BCUT2D eigenvalue weighted by atomic mass is 32.2. The first-order valence-corrected chi connectivity index (χ1v) is 11.5. The van der Waals surface area contributed by atoms with Crippen LogP contribution in [-0.4, -0.2) is 51.7 Å². The van der Waals surface area contributed by atoms with Gasteiger partial charge < -0.3 is 0 Å². The van der Waals surface area contributed by atoms with Crippen LogP contribution in [0.25, 0.3) is 0 Å². The summed E-state index contributed by atoms with van der Waals surface area (Å²) >= 11 is 0. The number of hydrogen-bond donors (Lipinski definition) is 0. The predicted molar refractivity (Wildman–Crippen MR) is 110 cm³/mol. The van der Waals surface area contributed by atoms with Crippen LogP contribution in [-0.2, 0) is 26.9 Å². The largest absolute Gasteiger partial charge is 0.292 e. The van der Waals surface area contributed by atoms with Crippen LogP contribution in [0.2, 0.25) is 0 Å². The number of aromatic nitrogens is 3. The summed E-state index contributed by atoms with van der Waals surface area (Å²) in [6.07, 6.45) is 4.95. The van der Waals surface area contributed by atoms with Crippen LogP contribution in [0.3, 0.4) is 0 Å². The number of rotatable bonds is 4. The lowest BCUT2D eigenvalue weighted by Crippen LogP contribution is -2.55. The molecular formula is C20H27N5O3S. The number of anilines is 1. The highest BCUT2D eigenvalue weighted by Crippen LogP contribution is 2.42. The molecule has 0 radical (unpaired) electrons. The highest BCUT2D eigenvalue weighted by molar-refractivity contribution is 7.89. The number of piperidine rings is 1. The van der Waals surface area contributed by atoms with Crippen molar-refractivity contribution in [2.75, 3.05) is 18.0 Å². The molecule has 2 aromatic heterocycles. The molecule has 4 rings (SSSR count). The van der Waals surface area contributed by atoms with E-state index in [4.69, 9.17) is 5.10 Å². The summed E-state index contributed by atoms with van der Waals surface area (Å²) in [7, 11) is -3.29. The van der Waals surface area contributed by atoms with Gasteiger partial charge in [-0.2, -0.15) is 5.10 Å². The lowest BCUT2D eigenvalue weighted by molar-refractivity contribution is -0.122. The smallest absolute Gasteiger partial charge is 0.230 e. The molecule has 2 aromatic rings. The molecule has 1 spiro atoms. The maximum Gasteiger partial charge on any atom is 0.230 e. The first kappa shape index (κ1) is 20.0. The van der Waals surface area contributed by atoms with E-state index in [1.54, 1.807) is 35.4 Å². The number of fused-ring (bicyclic) bond motifs is 2. The van der Waals surface area contributed by atoms with Gasteiger partial charge in [0.05, 0.1) is 29.4 Å². The summed E-state index contributed by atoms with van der Waals surface area (Å²) in [4.78, 5) is 19.0. The van der Waals surface area contributed by atoms with Crippen molar-refractivity contribution < 1.29 is 13.2 Å². The molecular weight excluding hydrogens is 390 g/mol. The van der Waals surface area contributed by atoms with Crippen LogP contribution in [0, 0.1) is 6.92 Å². The summed E-state index contributed by atoms with van der Waals surface area (Å²) in [6.45, 7) is 6.63. The predicted octanol–water partition coefficient (Wildman–Crippen LogP) is 2.05. The minimum absolute atomic E-state index is 0.0504. The third-order valence-electron chi connectivity index (χ3n) is 6.02. The zero-order chi connectivity index (χ0) is 20.8. The van der Waals surface area contributed by atoms with Gasteiger partial charge in [0.25, 0.3) is 0 Å². The number of hydrogen-bond acceptors (Lipinski definition) is 5.